The first-order chi connectivity index (χ1) is 10.7. The SMILES string of the molecule is CC(C)(CNCc1cccc2c1NCC2)NC(=O)OC(C)(C)C. The molecule has 1 aromatic carbocycles. The lowest BCUT2D eigenvalue weighted by Gasteiger charge is -2.29. The topological polar surface area (TPSA) is 62.4 Å². The third-order valence-corrected chi connectivity index (χ3v) is 3.65. The molecule has 0 aromatic heterocycles. The number of carbonyl (C=O) groups is 1. The van der Waals surface area contributed by atoms with Crippen LogP contribution in [0.15, 0.2) is 18.2 Å². The van der Waals surface area contributed by atoms with E-state index in [0.717, 1.165) is 19.5 Å². The Bertz CT molecular complexity index is 562. The van der Waals surface area contributed by atoms with Crippen LogP contribution in [-0.2, 0) is 17.7 Å². The molecule has 23 heavy (non-hydrogen) atoms. The zero-order valence-corrected chi connectivity index (χ0v) is 14.9. The van der Waals surface area contributed by atoms with Crippen molar-refractivity contribution in [3.05, 3.63) is 29.3 Å². The van der Waals surface area contributed by atoms with Gasteiger partial charge in [-0.15, -0.1) is 0 Å². The predicted molar refractivity (Wildman–Crippen MR) is 93.8 cm³/mol. The van der Waals surface area contributed by atoms with E-state index in [1.807, 2.05) is 34.6 Å². The van der Waals surface area contributed by atoms with Crippen LogP contribution in [0.1, 0.15) is 45.7 Å². The molecule has 0 saturated carbocycles. The molecule has 0 atom stereocenters. The van der Waals surface area contributed by atoms with Crippen LogP contribution in [0.25, 0.3) is 0 Å². The third-order valence-electron chi connectivity index (χ3n) is 3.65. The molecular weight excluding hydrogens is 290 g/mol. The molecule has 0 unspecified atom stereocenters. The van der Waals surface area contributed by atoms with E-state index in [1.165, 1.54) is 16.8 Å². The summed E-state index contributed by atoms with van der Waals surface area (Å²) in [5, 5.41) is 9.79. The van der Waals surface area contributed by atoms with Crippen molar-refractivity contribution in [2.24, 2.45) is 0 Å². The molecule has 1 heterocycles. The molecule has 0 radical (unpaired) electrons. The highest BCUT2D eigenvalue weighted by Gasteiger charge is 2.24. The Morgan fingerprint density at radius 2 is 2.00 bits per heavy atom. The Hall–Kier alpha value is -1.75. The van der Waals surface area contributed by atoms with Crippen molar-refractivity contribution in [2.45, 2.75) is 58.7 Å². The molecular formula is C18H29N3O2. The Morgan fingerprint density at radius 1 is 1.26 bits per heavy atom. The summed E-state index contributed by atoms with van der Waals surface area (Å²) in [4.78, 5) is 11.9. The zero-order chi connectivity index (χ0) is 17.1. The number of amides is 1. The van der Waals surface area contributed by atoms with Gasteiger partial charge in [0.25, 0.3) is 0 Å². The van der Waals surface area contributed by atoms with E-state index in [4.69, 9.17) is 4.74 Å². The first kappa shape index (κ1) is 17.6. The van der Waals surface area contributed by atoms with Crippen molar-refractivity contribution in [3.63, 3.8) is 0 Å². The summed E-state index contributed by atoms with van der Waals surface area (Å²) in [6.45, 7) is 12.0. The van der Waals surface area contributed by atoms with Gasteiger partial charge in [-0.25, -0.2) is 4.79 Å². The number of benzene rings is 1. The highest BCUT2D eigenvalue weighted by atomic mass is 16.6. The largest absolute Gasteiger partial charge is 0.444 e. The van der Waals surface area contributed by atoms with Crippen molar-refractivity contribution in [3.8, 4) is 0 Å². The van der Waals surface area contributed by atoms with Crippen LogP contribution < -0.4 is 16.0 Å². The highest BCUT2D eigenvalue weighted by Crippen LogP contribution is 2.26. The maximum Gasteiger partial charge on any atom is 0.408 e. The molecule has 5 heteroatoms. The molecule has 0 aliphatic carbocycles. The van der Waals surface area contributed by atoms with Crippen LogP contribution in [0.5, 0.6) is 0 Å². The second kappa shape index (κ2) is 6.79. The maximum atomic E-state index is 11.9. The first-order valence-electron chi connectivity index (χ1n) is 8.23. The van der Waals surface area contributed by atoms with Crippen LogP contribution >= 0.6 is 0 Å². The van der Waals surface area contributed by atoms with Gasteiger partial charge >= 0.3 is 6.09 Å². The molecule has 1 aliphatic rings. The number of fused-ring (bicyclic) bond motifs is 1. The van der Waals surface area contributed by atoms with Gasteiger partial charge in [-0.05, 0) is 52.2 Å². The first-order valence-corrected chi connectivity index (χ1v) is 8.23. The lowest BCUT2D eigenvalue weighted by molar-refractivity contribution is 0.0472. The van der Waals surface area contributed by atoms with Gasteiger partial charge in [-0.3, -0.25) is 0 Å². The van der Waals surface area contributed by atoms with Gasteiger partial charge in [-0.1, -0.05) is 18.2 Å². The summed E-state index contributed by atoms with van der Waals surface area (Å²) in [6.07, 6.45) is 0.709. The van der Waals surface area contributed by atoms with Crippen molar-refractivity contribution < 1.29 is 9.53 Å². The average molecular weight is 319 g/mol. The molecule has 2 rings (SSSR count). The van der Waals surface area contributed by atoms with Crippen LogP contribution in [0, 0.1) is 0 Å². The van der Waals surface area contributed by atoms with Gasteiger partial charge in [0.05, 0.1) is 5.54 Å². The van der Waals surface area contributed by atoms with Gasteiger partial charge in [0.2, 0.25) is 0 Å². The lowest BCUT2D eigenvalue weighted by Crippen LogP contribution is -2.51. The minimum absolute atomic E-state index is 0.381. The van der Waals surface area contributed by atoms with Gasteiger partial charge < -0.3 is 20.7 Å². The Morgan fingerprint density at radius 3 is 2.70 bits per heavy atom. The van der Waals surface area contributed by atoms with E-state index >= 15 is 0 Å². The molecule has 5 nitrogen and oxygen atoms in total. The average Bonchev–Trinajstić information content (AvgIpc) is 2.84. The van der Waals surface area contributed by atoms with E-state index in [2.05, 4.69) is 34.1 Å². The number of nitrogens with one attached hydrogen (secondary N) is 3. The number of rotatable bonds is 5. The van der Waals surface area contributed by atoms with Crippen molar-refractivity contribution in [1.82, 2.24) is 10.6 Å². The monoisotopic (exact) mass is 319 g/mol. The fourth-order valence-electron chi connectivity index (χ4n) is 2.69. The Balaban J connectivity index is 1.83. The van der Waals surface area contributed by atoms with Crippen LogP contribution in [0.3, 0.4) is 0 Å². The summed E-state index contributed by atoms with van der Waals surface area (Å²) in [6, 6.07) is 6.41. The van der Waals surface area contributed by atoms with E-state index in [0.29, 0.717) is 6.54 Å². The fourth-order valence-corrected chi connectivity index (χ4v) is 2.69. The summed E-state index contributed by atoms with van der Waals surface area (Å²) >= 11 is 0. The van der Waals surface area contributed by atoms with Gasteiger partial charge in [0.15, 0.2) is 0 Å². The van der Waals surface area contributed by atoms with E-state index in [9.17, 15) is 4.79 Å². The molecule has 0 bridgehead atoms. The molecule has 0 spiro atoms. The van der Waals surface area contributed by atoms with Gasteiger partial charge in [0.1, 0.15) is 5.60 Å². The van der Waals surface area contributed by atoms with E-state index in [-0.39, 0.29) is 11.6 Å². The summed E-state index contributed by atoms with van der Waals surface area (Å²) in [5.41, 5.74) is 3.05. The number of ether oxygens (including phenoxy) is 1. The van der Waals surface area contributed by atoms with E-state index in [1.54, 1.807) is 0 Å². The Labute approximate surface area is 139 Å². The second-order valence-electron chi connectivity index (χ2n) is 7.74. The standard InChI is InChI=1S/C18H29N3O2/c1-17(2,3)23-16(22)21-18(4,5)12-19-11-14-8-6-7-13-9-10-20-15(13)14/h6-8,19-20H,9-12H2,1-5H3,(H,21,22). The van der Waals surface area contributed by atoms with Crippen molar-refractivity contribution >= 4 is 11.8 Å². The molecule has 128 valence electrons. The lowest BCUT2D eigenvalue weighted by atomic mass is 10.0. The summed E-state index contributed by atoms with van der Waals surface area (Å²) in [7, 11) is 0. The van der Waals surface area contributed by atoms with Crippen LogP contribution in [-0.4, -0.2) is 30.3 Å². The number of para-hydroxylation sites is 1. The van der Waals surface area contributed by atoms with Crippen LogP contribution in [0.4, 0.5) is 10.5 Å². The van der Waals surface area contributed by atoms with Gasteiger partial charge in [0, 0.05) is 25.3 Å². The molecule has 0 saturated heterocycles. The number of hydrogen-bond donors (Lipinski definition) is 3. The quantitative estimate of drug-likeness (QED) is 0.780. The third kappa shape index (κ3) is 5.43. The Kier molecular flexibility index (Phi) is 5.19. The predicted octanol–water partition coefficient (Wildman–Crippen LogP) is 3.05. The van der Waals surface area contributed by atoms with Crippen LogP contribution in [0.2, 0.25) is 0 Å². The number of anilines is 1. The molecule has 1 aromatic rings. The molecule has 1 aliphatic heterocycles. The van der Waals surface area contributed by atoms with E-state index < -0.39 is 5.60 Å². The minimum atomic E-state index is -0.482. The number of carbonyl (C=O) groups excluding carboxylic acids is 1. The number of alkyl carbamates (subject to hydrolysis) is 1. The molecule has 3 N–H and O–H groups in total. The fraction of sp³-hybridized carbons (Fsp3) is 0.611. The smallest absolute Gasteiger partial charge is 0.408 e. The van der Waals surface area contributed by atoms with Gasteiger partial charge in [-0.2, -0.15) is 0 Å². The highest BCUT2D eigenvalue weighted by molar-refractivity contribution is 5.68. The molecule has 0 fully saturated rings. The summed E-state index contributed by atoms with van der Waals surface area (Å²) < 4.78 is 5.31. The minimum Gasteiger partial charge on any atom is -0.444 e. The second-order valence-corrected chi connectivity index (χ2v) is 7.74. The maximum absolute atomic E-state index is 11.9. The summed E-state index contributed by atoms with van der Waals surface area (Å²) in [5.74, 6) is 0. The normalized spacial score (nSPS) is 14.1. The van der Waals surface area contributed by atoms with Crippen molar-refractivity contribution in [1.29, 1.82) is 0 Å². The molecule has 1 amide bonds. The van der Waals surface area contributed by atoms with Crippen molar-refractivity contribution in [2.75, 3.05) is 18.4 Å². The zero-order valence-electron chi connectivity index (χ0n) is 14.9. The number of hydrogen-bond acceptors (Lipinski definition) is 4.